The fourth-order valence-corrected chi connectivity index (χ4v) is 3.43. The molecular formula is C26H26N2O. The highest BCUT2D eigenvalue weighted by atomic mass is 16.5. The molecule has 1 aliphatic heterocycles. The number of ether oxygens (including phenoxy) is 1. The average molecular weight is 383 g/mol. The Labute approximate surface area is 172 Å². The highest BCUT2D eigenvalue weighted by molar-refractivity contribution is 5.44. The first-order valence-electron chi connectivity index (χ1n) is 10.0. The summed E-state index contributed by atoms with van der Waals surface area (Å²) in [6.07, 6.45) is 15.6. The molecule has 1 aliphatic carbocycles. The van der Waals surface area contributed by atoms with Gasteiger partial charge in [0.2, 0.25) is 0 Å². The Morgan fingerprint density at radius 3 is 2.55 bits per heavy atom. The van der Waals surface area contributed by atoms with Crippen molar-refractivity contribution in [2.75, 3.05) is 0 Å². The fraction of sp³-hybridized carbons (Fsp3) is 0.154. The van der Waals surface area contributed by atoms with Crippen molar-refractivity contribution in [3.05, 3.63) is 125 Å². The van der Waals surface area contributed by atoms with Crippen LogP contribution in [0, 0.1) is 0 Å². The predicted octanol–water partition coefficient (Wildman–Crippen LogP) is 5.69. The Morgan fingerprint density at radius 1 is 0.966 bits per heavy atom. The molecule has 0 saturated carbocycles. The second kappa shape index (κ2) is 9.16. The van der Waals surface area contributed by atoms with Crippen LogP contribution in [-0.2, 0) is 6.61 Å². The summed E-state index contributed by atoms with van der Waals surface area (Å²) in [4.78, 5) is 0. The molecule has 1 atom stereocenters. The molecule has 4 rings (SSSR count). The van der Waals surface area contributed by atoms with E-state index >= 15 is 0 Å². The minimum Gasteiger partial charge on any atom is -0.489 e. The van der Waals surface area contributed by atoms with Crippen LogP contribution in [0.3, 0.4) is 0 Å². The van der Waals surface area contributed by atoms with Gasteiger partial charge >= 0.3 is 0 Å². The molecule has 0 amide bonds. The molecule has 1 saturated heterocycles. The number of nitrogens with one attached hydrogen (secondary N) is 2. The summed E-state index contributed by atoms with van der Waals surface area (Å²) in [7, 11) is 0. The van der Waals surface area contributed by atoms with Gasteiger partial charge in [-0.15, -0.1) is 0 Å². The van der Waals surface area contributed by atoms with Gasteiger partial charge in [-0.25, -0.2) is 0 Å². The van der Waals surface area contributed by atoms with E-state index in [4.69, 9.17) is 4.74 Å². The molecule has 0 aromatic heterocycles. The van der Waals surface area contributed by atoms with Crippen molar-refractivity contribution in [2.45, 2.75) is 26.1 Å². The predicted molar refractivity (Wildman–Crippen MR) is 119 cm³/mol. The lowest BCUT2D eigenvalue weighted by molar-refractivity contribution is 0.306. The van der Waals surface area contributed by atoms with E-state index in [0.29, 0.717) is 6.61 Å². The third kappa shape index (κ3) is 4.88. The number of allylic oxidation sites excluding steroid dienone is 9. The highest BCUT2D eigenvalue weighted by Crippen LogP contribution is 2.28. The molecule has 3 heteroatoms. The van der Waals surface area contributed by atoms with Crippen molar-refractivity contribution in [1.29, 1.82) is 0 Å². The molecule has 0 radical (unpaired) electrons. The molecule has 2 aromatic rings. The van der Waals surface area contributed by atoms with Crippen LogP contribution in [0.15, 0.2) is 114 Å². The Kier molecular flexibility index (Phi) is 5.96. The monoisotopic (exact) mass is 382 g/mol. The molecule has 2 aromatic carbocycles. The molecule has 0 spiro atoms. The first kappa shape index (κ1) is 18.9. The minimum absolute atomic E-state index is 0.00155. The van der Waals surface area contributed by atoms with Crippen LogP contribution in [-0.4, -0.2) is 0 Å². The molecular weight excluding hydrogens is 356 g/mol. The normalized spacial score (nSPS) is 19.6. The van der Waals surface area contributed by atoms with Gasteiger partial charge in [0.1, 0.15) is 18.5 Å². The quantitative estimate of drug-likeness (QED) is 0.697. The molecule has 3 nitrogen and oxygen atoms in total. The first-order valence-corrected chi connectivity index (χ1v) is 10.0. The third-order valence-electron chi connectivity index (χ3n) is 4.98. The molecule has 2 N–H and O–H groups in total. The Bertz CT molecular complexity index is 979. The lowest BCUT2D eigenvalue weighted by Gasteiger charge is -2.22. The maximum atomic E-state index is 5.93. The summed E-state index contributed by atoms with van der Waals surface area (Å²) in [5.41, 5.74) is 5.95. The van der Waals surface area contributed by atoms with Crippen LogP contribution in [0.4, 0.5) is 0 Å². The lowest BCUT2D eigenvalue weighted by atomic mass is 10.1. The average Bonchev–Trinajstić information content (AvgIpc) is 3.11. The van der Waals surface area contributed by atoms with Gasteiger partial charge in [0, 0.05) is 17.8 Å². The van der Waals surface area contributed by atoms with Crippen LogP contribution in [0.25, 0.3) is 0 Å². The van der Waals surface area contributed by atoms with Gasteiger partial charge in [0.15, 0.2) is 0 Å². The standard InChI is InChI=1S/C26H26N2O/c1-2-3-13-25-22-11-7-8-12-23(18-22)27-26(28-25)21-14-16-24(17-15-21)29-19-20-9-5-4-6-10-20/h2-17,26-28H,18-19H2,1H3/b3-2-,25-13+. The summed E-state index contributed by atoms with van der Waals surface area (Å²) < 4.78 is 5.93. The zero-order valence-corrected chi connectivity index (χ0v) is 16.6. The van der Waals surface area contributed by atoms with Crippen molar-refractivity contribution in [3.63, 3.8) is 0 Å². The maximum absolute atomic E-state index is 5.93. The summed E-state index contributed by atoms with van der Waals surface area (Å²) in [6, 6.07) is 18.5. The Morgan fingerprint density at radius 2 is 1.76 bits per heavy atom. The van der Waals surface area contributed by atoms with Crippen molar-refractivity contribution in [2.24, 2.45) is 0 Å². The SMILES string of the molecule is C/C=C\C=C1\NC(c2ccc(OCc3ccccc3)cc2)NC2=CC=CC=C1C2. The second-order valence-corrected chi connectivity index (χ2v) is 7.12. The van der Waals surface area contributed by atoms with Gasteiger partial charge < -0.3 is 15.4 Å². The van der Waals surface area contributed by atoms with E-state index in [1.807, 2.05) is 43.3 Å². The van der Waals surface area contributed by atoms with Crippen molar-refractivity contribution in [3.8, 4) is 5.75 Å². The summed E-state index contributed by atoms with van der Waals surface area (Å²) in [5, 5.41) is 7.30. The molecule has 1 fully saturated rings. The summed E-state index contributed by atoms with van der Waals surface area (Å²) in [6.45, 7) is 2.61. The lowest BCUT2D eigenvalue weighted by Crippen LogP contribution is -2.30. The van der Waals surface area contributed by atoms with Crippen molar-refractivity contribution < 1.29 is 4.74 Å². The van der Waals surface area contributed by atoms with Gasteiger partial charge in [-0.3, -0.25) is 0 Å². The number of hydrogen-bond acceptors (Lipinski definition) is 3. The zero-order chi connectivity index (χ0) is 19.9. The van der Waals surface area contributed by atoms with Gasteiger partial charge in [-0.2, -0.15) is 0 Å². The van der Waals surface area contributed by atoms with Gasteiger partial charge in [-0.1, -0.05) is 72.8 Å². The third-order valence-corrected chi connectivity index (χ3v) is 4.98. The smallest absolute Gasteiger partial charge is 0.123 e. The number of fused-ring (bicyclic) bond motifs is 2. The fourth-order valence-electron chi connectivity index (χ4n) is 3.43. The van der Waals surface area contributed by atoms with E-state index < -0.39 is 0 Å². The van der Waals surface area contributed by atoms with Crippen molar-refractivity contribution >= 4 is 0 Å². The van der Waals surface area contributed by atoms with Crippen LogP contribution < -0.4 is 15.4 Å². The molecule has 29 heavy (non-hydrogen) atoms. The molecule has 2 aliphatic rings. The van der Waals surface area contributed by atoms with E-state index in [2.05, 4.69) is 71.4 Å². The number of hydrogen-bond donors (Lipinski definition) is 2. The molecule has 1 unspecified atom stereocenters. The summed E-state index contributed by atoms with van der Waals surface area (Å²) in [5.74, 6) is 0.872. The molecule has 1 heterocycles. The largest absolute Gasteiger partial charge is 0.489 e. The van der Waals surface area contributed by atoms with Crippen LogP contribution in [0.5, 0.6) is 5.75 Å². The van der Waals surface area contributed by atoms with Crippen LogP contribution in [0.1, 0.15) is 30.6 Å². The summed E-state index contributed by atoms with van der Waals surface area (Å²) >= 11 is 0. The highest BCUT2D eigenvalue weighted by Gasteiger charge is 2.21. The van der Waals surface area contributed by atoms with Gasteiger partial charge in [0.05, 0.1) is 0 Å². The van der Waals surface area contributed by atoms with Crippen LogP contribution >= 0.6 is 0 Å². The van der Waals surface area contributed by atoms with E-state index in [1.54, 1.807) is 0 Å². The molecule has 146 valence electrons. The maximum Gasteiger partial charge on any atom is 0.123 e. The number of benzene rings is 2. The van der Waals surface area contributed by atoms with E-state index in [0.717, 1.165) is 17.9 Å². The minimum atomic E-state index is -0.00155. The van der Waals surface area contributed by atoms with E-state index in [-0.39, 0.29) is 6.17 Å². The van der Waals surface area contributed by atoms with Crippen LogP contribution in [0.2, 0.25) is 0 Å². The van der Waals surface area contributed by atoms with E-state index in [1.165, 1.54) is 22.4 Å². The Hall–Kier alpha value is -3.46. The topological polar surface area (TPSA) is 33.3 Å². The zero-order valence-electron chi connectivity index (χ0n) is 16.6. The van der Waals surface area contributed by atoms with Crippen molar-refractivity contribution in [1.82, 2.24) is 10.6 Å². The van der Waals surface area contributed by atoms with Gasteiger partial charge in [0.25, 0.3) is 0 Å². The second-order valence-electron chi connectivity index (χ2n) is 7.12. The van der Waals surface area contributed by atoms with E-state index in [9.17, 15) is 0 Å². The van der Waals surface area contributed by atoms with Gasteiger partial charge in [-0.05, 0) is 47.9 Å². The number of rotatable bonds is 5. The Balaban J connectivity index is 1.51. The first-order chi connectivity index (χ1) is 14.3. The molecule has 2 bridgehead atoms.